The second kappa shape index (κ2) is 9.91. The van der Waals surface area contributed by atoms with Gasteiger partial charge in [0.2, 0.25) is 5.91 Å². The molecule has 3 rings (SSSR count). The zero-order valence-electron chi connectivity index (χ0n) is 17.1. The highest BCUT2D eigenvalue weighted by molar-refractivity contribution is 5.94. The van der Waals surface area contributed by atoms with Crippen molar-refractivity contribution in [2.75, 3.05) is 25.0 Å². The SMILES string of the molecule is CCOC(=O)c1cccc(NC(=O)N2CCC(Cc3ccc(C(N)=O)cc3)CC2)c1. The lowest BCUT2D eigenvalue weighted by Crippen LogP contribution is -2.41. The molecule has 1 aliphatic heterocycles. The first-order chi connectivity index (χ1) is 14.5. The van der Waals surface area contributed by atoms with Crippen LogP contribution in [0.25, 0.3) is 0 Å². The second-order valence-corrected chi connectivity index (χ2v) is 7.43. The number of carbonyl (C=O) groups is 3. The van der Waals surface area contributed by atoms with Gasteiger partial charge in [-0.1, -0.05) is 18.2 Å². The normalized spacial score (nSPS) is 14.2. The van der Waals surface area contributed by atoms with E-state index in [4.69, 9.17) is 10.5 Å². The molecule has 1 saturated heterocycles. The van der Waals surface area contributed by atoms with Crippen molar-refractivity contribution in [1.29, 1.82) is 0 Å². The predicted octanol–water partition coefficient (Wildman–Crippen LogP) is 3.45. The monoisotopic (exact) mass is 409 g/mol. The van der Waals surface area contributed by atoms with E-state index in [-0.39, 0.29) is 6.03 Å². The molecular weight excluding hydrogens is 382 g/mol. The van der Waals surface area contributed by atoms with E-state index in [1.54, 1.807) is 48.2 Å². The Labute approximate surface area is 176 Å². The molecule has 0 aliphatic carbocycles. The summed E-state index contributed by atoms with van der Waals surface area (Å²) in [5.41, 5.74) is 7.94. The van der Waals surface area contributed by atoms with Crippen molar-refractivity contribution in [3.8, 4) is 0 Å². The van der Waals surface area contributed by atoms with Crippen molar-refractivity contribution >= 4 is 23.6 Å². The number of nitrogens with zero attached hydrogens (tertiary/aromatic N) is 1. The van der Waals surface area contributed by atoms with Gasteiger partial charge in [-0.15, -0.1) is 0 Å². The first-order valence-corrected chi connectivity index (χ1v) is 10.2. The van der Waals surface area contributed by atoms with Crippen LogP contribution in [0.3, 0.4) is 0 Å². The first kappa shape index (κ1) is 21.4. The molecule has 0 unspecified atom stereocenters. The van der Waals surface area contributed by atoms with Crippen LogP contribution >= 0.6 is 0 Å². The quantitative estimate of drug-likeness (QED) is 0.714. The molecule has 30 heavy (non-hydrogen) atoms. The van der Waals surface area contributed by atoms with Gasteiger partial charge in [0, 0.05) is 24.3 Å². The van der Waals surface area contributed by atoms with Crippen molar-refractivity contribution in [2.45, 2.75) is 26.2 Å². The Kier molecular flexibility index (Phi) is 7.06. The first-order valence-electron chi connectivity index (χ1n) is 10.2. The molecule has 0 atom stereocenters. The highest BCUT2D eigenvalue weighted by atomic mass is 16.5. The fourth-order valence-corrected chi connectivity index (χ4v) is 3.62. The molecule has 3 amide bonds. The zero-order chi connectivity index (χ0) is 21.5. The molecule has 158 valence electrons. The lowest BCUT2D eigenvalue weighted by atomic mass is 9.90. The van der Waals surface area contributed by atoms with Gasteiger partial charge < -0.3 is 20.7 Å². The Bertz CT molecular complexity index is 903. The third-order valence-electron chi connectivity index (χ3n) is 5.29. The average Bonchev–Trinajstić information content (AvgIpc) is 2.75. The third kappa shape index (κ3) is 5.59. The van der Waals surface area contributed by atoms with Crippen LogP contribution in [0.4, 0.5) is 10.5 Å². The number of carbonyl (C=O) groups excluding carboxylic acids is 3. The highest BCUT2D eigenvalue weighted by Crippen LogP contribution is 2.23. The number of primary amides is 1. The van der Waals surface area contributed by atoms with Gasteiger partial charge in [-0.3, -0.25) is 4.79 Å². The van der Waals surface area contributed by atoms with Crippen molar-refractivity contribution in [2.24, 2.45) is 11.7 Å². The number of likely N-dealkylation sites (tertiary alicyclic amines) is 1. The second-order valence-electron chi connectivity index (χ2n) is 7.43. The summed E-state index contributed by atoms with van der Waals surface area (Å²) in [6.07, 6.45) is 2.73. The fraction of sp³-hybridized carbons (Fsp3) is 0.348. The maximum Gasteiger partial charge on any atom is 0.338 e. The molecule has 7 heteroatoms. The number of benzene rings is 2. The maximum atomic E-state index is 12.6. The number of nitrogens with one attached hydrogen (secondary N) is 1. The van der Waals surface area contributed by atoms with Crippen LogP contribution in [0, 0.1) is 5.92 Å². The summed E-state index contributed by atoms with van der Waals surface area (Å²) in [6.45, 7) is 3.41. The Morgan fingerprint density at radius 1 is 1.07 bits per heavy atom. The molecule has 0 spiro atoms. The summed E-state index contributed by atoms with van der Waals surface area (Å²) in [5, 5.41) is 2.87. The third-order valence-corrected chi connectivity index (χ3v) is 5.29. The van der Waals surface area contributed by atoms with E-state index in [0.717, 1.165) is 19.3 Å². The smallest absolute Gasteiger partial charge is 0.338 e. The Morgan fingerprint density at radius 3 is 2.40 bits per heavy atom. The van der Waals surface area contributed by atoms with E-state index < -0.39 is 11.9 Å². The van der Waals surface area contributed by atoms with Crippen LogP contribution in [0.1, 0.15) is 46.0 Å². The van der Waals surface area contributed by atoms with Gasteiger partial charge >= 0.3 is 12.0 Å². The fourth-order valence-electron chi connectivity index (χ4n) is 3.62. The number of piperidine rings is 1. The van der Waals surface area contributed by atoms with Crippen LogP contribution < -0.4 is 11.1 Å². The standard InChI is InChI=1S/C23H27N3O4/c1-2-30-22(28)19-4-3-5-20(15-19)25-23(29)26-12-10-17(11-13-26)14-16-6-8-18(9-7-16)21(24)27/h3-9,15,17H,2,10-14H2,1H3,(H2,24,27)(H,25,29). The lowest BCUT2D eigenvalue weighted by Gasteiger charge is -2.32. The van der Waals surface area contributed by atoms with Gasteiger partial charge in [-0.2, -0.15) is 0 Å². The zero-order valence-corrected chi connectivity index (χ0v) is 17.1. The van der Waals surface area contributed by atoms with Crippen LogP contribution in [0.2, 0.25) is 0 Å². The number of esters is 1. The van der Waals surface area contributed by atoms with Crippen LogP contribution in [0.5, 0.6) is 0 Å². The number of rotatable bonds is 6. The maximum absolute atomic E-state index is 12.6. The molecule has 0 bridgehead atoms. The number of ether oxygens (including phenoxy) is 1. The van der Waals surface area contributed by atoms with Crippen molar-refractivity contribution < 1.29 is 19.1 Å². The predicted molar refractivity (Wildman–Crippen MR) is 114 cm³/mol. The molecule has 0 radical (unpaired) electrons. The molecular formula is C23H27N3O4. The van der Waals surface area contributed by atoms with Crippen molar-refractivity contribution in [3.63, 3.8) is 0 Å². The summed E-state index contributed by atoms with van der Waals surface area (Å²) in [6, 6.07) is 14.0. The molecule has 1 heterocycles. The largest absolute Gasteiger partial charge is 0.462 e. The molecule has 2 aromatic rings. The van der Waals surface area contributed by atoms with E-state index in [9.17, 15) is 14.4 Å². The number of urea groups is 1. The summed E-state index contributed by atoms with van der Waals surface area (Å²) < 4.78 is 5.00. The summed E-state index contributed by atoms with van der Waals surface area (Å²) in [4.78, 5) is 37.4. The van der Waals surface area contributed by atoms with Gasteiger partial charge in [-0.25, -0.2) is 9.59 Å². The van der Waals surface area contributed by atoms with E-state index in [1.165, 1.54) is 5.56 Å². The Hall–Kier alpha value is -3.35. The van der Waals surface area contributed by atoms with Gasteiger partial charge in [0.05, 0.1) is 12.2 Å². The van der Waals surface area contributed by atoms with Crippen LogP contribution in [0.15, 0.2) is 48.5 Å². The molecule has 3 N–H and O–H groups in total. The molecule has 0 aromatic heterocycles. The van der Waals surface area contributed by atoms with Crippen LogP contribution in [-0.2, 0) is 11.2 Å². The van der Waals surface area contributed by atoms with Crippen molar-refractivity contribution in [3.05, 3.63) is 65.2 Å². The number of hydrogen-bond acceptors (Lipinski definition) is 4. The van der Waals surface area contributed by atoms with Crippen LogP contribution in [-0.4, -0.2) is 42.5 Å². The minimum absolute atomic E-state index is 0.166. The summed E-state index contributed by atoms with van der Waals surface area (Å²) in [5.74, 6) is -0.340. The Balaban J connectivity index is 1.50. The highest BCUT2D eigenvalue weighted by Gasteiger charge is 2.23. The van der Waals surface area contributed by atoms with E-state index in [0.29, 0.717) is 42.4 Å². The molecule has 2 aromatic carbocycles. The van der Waals surface area contributed by atoms with Gasteiger partial charge in [0.15, 0.2) is 0 Å². The minimum atomic E-state index is -0.423. The van der Waals surface area contributed by atoms with E-state index in [2.05, 4.69) is 5.32 Å². The molecule has 1 aliphatic rings. The number of hydrogen-bond donors (Lipinski definition) is 2. The molecule has 7 nitrogen and oxygen atoms in total. The van der Waals surface area contributed by atoms with E-state index >= 15 is 0 Å². The van der Waals surface area contributed by atoms with Gasteiger partial charge in [0.1, 0.15) is 0 Å². The summed E-state index contributed by atoms with van der Waals surface area (Å²) in [7, 11) is 0. The van der Waals surface area contributed by atoms with Crippen molar-refractivity contribution in [1.82, 2.24) is 4.90 Å². The van der Waals surface area contributed by atoms with E-state index in [1.807, 2.05) is 12.1 Å². The molecule has 0 saturated carbocycles. The number of nitrogens with two attached hydrogens (primary N) is 1. The van der Waals surface area contributed by atoms with Gasteiger partial charge in [-0.05, 0) is 68.0 Å². The van der Waals surface area contributed by atoms with Gasteiger partial charge in [0.25, 0.3) is 0 Å². The molecule has 1 fully saturated rings. The average molecular weight is 409 g/mol. The topological polar surface area (TPSA) is 102 Å². The Morgan fingerprint density at radius 2 is 1.77 bits per heavy atom. The summed E-state index contributed by atoms with van der Waals surface area (Å²) >= 11 is 0. The lowest BCUT2D eigenvalue weighted by molar-refractivity contribution is 0.0526. The minimum Gasteiger partial charge on any atom is -0.462 e. The number of amides is 3. The number of anilines is 1.